The molecule has 5 nitrogen and oxygen atoms in total. The van der Waals surface area contributed by atoms with Gasteiger partial charge in [0.1, 0.15) is 5.41 Å². The SMILES string of the molecule is COC(=O)[C@]12CC=CC[C@@]1(C(=O)OC)C(=O)CC2. The van der Waals surface area contributed by atoms with Crippen molar-refractivity contribution in [2.75, 3.05) is 14.2 Å². The van der Waals surface area contributed by atoms with Crippen molar-refractivity contribution in [2.24, 2.45) is 10.8 Å². The van der Waals surface area contributed by atoms with Crippen LogP contribution in [0.3, 0.4) is 0 Å². The van der Waals surface area contributed by atoms with Crippen molar-refractivity contribution >= 4 is 17.7 Å². The lowest BCUT2D eigenvalue weighted by Gasteiger charge is -2.41. The summed E-state index contributed by atoms with van der Waals surface area (Å²) in [6, 6.07) is 0. The molecule has 18 heavy (non-hydrogen) atoms. The maximum Gasteiger partial charge on any atom is 0.320 e. The fourth-order valence-corrected chi connectivity index (χ4v) is 3.27. The summed E-state index contributed by atoms with van der Waals surface area (Å²) in [5, 5.41) is 0. The number of ketones is 1. The van der Waals surface area contributed by atoms with E-state index in [0.29, 0.717) is 12.8 Å². The number of methoxy groups -OCH3 is 2. The lowest BCUT2D eigenvalue weighted by atomic mass is 9.59. The molecule has 0 aromatic rings. The molecule has 0 unspecified atom stereocenters. The summed E-state index contributed by atoms with van der Waals surface area (Å²) in [7, 11) is 2.52. The van der Waals surface area contributed by atoms with Gasteiger partial charge in [-0.2, -0.15) is 0 Å². The van der Waals surface area contributed by atoms with Crippen LogP contribution < -0.4 is 0 Å². The Kier molecular flexibility index (Phi) is 3.00. The van der Waals surface area contributed by atoms with E-state index in [2.05, 4.69) is 0 Å². The monoisotopic (exact) mass is 252 g/mol. The molecular weight excluding hydrogens is 236 g/mol. The molecular formula is C13H16O5. The molecule has 0 N–H and O–H groups in total. The maximum absolute atomic E-state index is 12.2. The molecule has 1 fully saturated rings. The Bertz CT molecular complexity index is 439. The van der Waals surface area contributed by atoms with Crippen molar-refractivity contribution < 1.29 is 23.9 Å². The van der Waals surface area contributed by atoms with Gasteiger partial charge in [-0.15, -0.1) is 0 Å². The first-order valence-electron chi connectivity index (χ1n) is 5.90. The molecule has 2 aliphatic carbocycles. The average molecular weight is 252 g/mol. The van der Waals surface area contributed by atoms with Gasteiger partial charge >= 0.3 is 11.9 Å². The standard InChI is InChI=1S/C13H16O5/c1-17-10(15)12-6-3-4-7-13(12,11(16)18-2)9(14)5-8-12/h3-4H,5-8H2,1-2H3/t12-,13+/m1/s1. The fourth-order valence-electron chi connectivity index (χ4n) is 3.27. The lowest BCUT2D eigenvalue weighted by Crippen LogP contribution is -2.54. The van der Waals surface area contributed by atoms with E-state index in [1.54, 1.807) is 6.08 Å². The topological polar surface area (TPSA) is 69.7 Å². The van der Waals surface area contributed by atoms with Crippen molar-refractivity contribution in [2.45, 2.75) is 25.7 Å². The highest BCUT2D eigenvalue weighted by atomic mass is 16.5. The van der Waals surface area contributed by atoms with Crippen LogP contribution in [0.4, 0.5) is 0 Å². The molecule has 0 bridgehead atoms. The smallest absolute Gasteiger partial charge is 0.320 e. The minimum Gasteiger partial charge on any atom is -0.469 e. The largest absolute Gasteiger partial charge is 0.469 e. The zero-order chi connectivity index (χ0) is 13.4. The molecule has 98 valence electrons. The Morgan fingerprint density at radius 2 is 1.72 bits per heavy atom. The predicted molar refractivity (Wildman–Crippen MR) is 61.5 cm³/mol. The second-order valence-electron chi connectivity index (χ2n) is 4.77. The number of rotatable bonds is 2. The van der Waals surface area contributed by atoms with Crippen LogP contribution in [0.15, 0.2) is 12.2 Å². The van der Waals surface area contributed by atoms with Crippen LogP contribution in [0, 0.1) is 10.8 Å². The molecule has 0 aliphatic heterocycles. The van der Waals surface area contributed by atoms with Gasteiger partial charge in [-0.05, 0) is 19.3 Å². The highest BCUT2D eigenvalue weighted by molar-refractivity contribution is 6.11. The Hall–Kier alpha value is -1.65. The number of hydrogen-bond acceptors (Lipinski definition) is 5. The van der Waals surface area contributed by atoms with E-state index in [1.807, 2.05) is 6.08 Å². The van der Waals surface area contributed by atoms with Gasteiger partial charge in [-0.3, -0.25) is 14.4 Å². The predicted octanol–water partition coefficient (Wildman–Crippen LogP) is 1.02. The van der Waals surface area contributed by atoms with E-state index in [0.717, 1.165) is 0 Å². The summed E-state index contributed by atoms with van der Waals surface area (Å²) in [6.45, 7) is 0. The minimum atomic E-state index is -1.39. The van der Waals surface area contributed by atoms with Gasteiger partial charge in [-0.25, -0.2) is 0 Å². The Balaban J connectivity index is 2.60. The summed E-state index contributed by atoms with van der Waals surface area (Å²) < 4.78 is 9.61. The zero-order valence-corrected chi connectivity index (χ0v) is 10.5. The summed E-state index contributed by atoms with van der Waals surface area (Å²) >= 11 is 0. The molecule has 0 amide bonds. The number of carbonyl (C=O) groups is 3. The second-order valence-corrected chi connectivity index (χ2v) is 4.77. The first-order chi connectivity index (χ1) is 8.55. The molecule has 0 heterocycles. The van der Waals surface area contributed by atoms with Crippen LogP contribution in [-0.4, -0.2) is 31.9 Å². The van der Waals surface area contributed by atoms with Crippen LogP contribution >= 0.6 is 0 Å². The van der Waals surface area contributed by atoms with Crippen LogP contribution in [-0.2, 0) is 23.9 Å². The van der Waals surface area contributed by atoms with Crippen molar-refractivity contribution in [3.05, 3.63) is 12.2 Å². The van der Waals surface area contributed by atoms with Gasteiger partial charge in [0, 0.05) is 6.42 Å². The summed E-state index contributed by atoms with van der Waals surface area (Å²) in [4.78, 5) is 36.5. The van der Waals surface area contributed by atoms with Gasteiger partial charge in [0.25, 0.3) is 0 Å². The van der Waals surface area contributed by atoms with E-state index >= 15 is 0 Å². The van der Waals surface area contributed by atoms with Crippen molar-refractivity contribution in [1.29, 1.82) is 0 Å². The molecule has 0 aromatic carbocycles. The molecule has 0 spiro atoms. The molecule has 5 heteroatoms. The minimum absolute atomic E-state index is 0.214. The lowest BCUT2D eigenvalue weighted by molar-refractivity contribution is -0.177. The molecule has 0 aromatic heterocycles. The number of hydrogen-bond donors (Lipinski definition) is 0. The fraction of sp³-hybridized carbons (Fsp3) is 0.615. The number of fused-ring (bicyclic) bond motifs is 1. The van der Waals surface area contributed by atoms with Crippen LogP contribution in [0.2, 0.25) is 0 Å². The number of allylic oxidation sites excluding steroid dienone is 2. The third-order valence-corrected chi connectivity index (χ3v) is 4.24. The van der Waals surface area contributed by atoms with E-state index in [1.165, 1.54) is 14.2 Å². The van der Waals surface area contributed by atoms with E-state index in [4.69, 9.17) is 9.47 Å². The number of esters is 2. The molecule has 2 aliphatic rings. The summed E-state index contributed by atoms with van der Waals surface area (Å²) in [6.07, 6.45) is 4.72. The van der Waals surface area contributed by atoms with Gasteiger partial charge < -0.3 is 9.47 Å². The second kappa shape index (κ2) is 4.23. The van der Waals surface area contributed by atoms with E-state index < -0.39 is 22.8 Å². The molecule has 0 saturated heterocycles. The van der Waals surface area contributed by atoms with Gasteiger partial charge in [0.2, 0.25) is 0 Å². The third kappa shape index (κ3) is 1.30. The van der Waals surface area contributed by atoms with Crippen LogP contribution in [0.1, 0.15) is 25.7 Å². The van der Waals surface area contributed by atoms with E-state index in [-0.39, 0.29) is 18.6 Å². The molecule has 2 rings (SSSR count). The first kappa shape index (κ1) is 12.8. The van der Waals surface area contributed by atoms with Crippen LogP contribution in [0.25, 0.3) is 0 Å². The molecule has 2 atom stereocenters. The Morgan fingerprint density at radius 3 is 2.33 bits per heavy atom. The van der Waals surface area contributed by atoms with Gasteiger partial charge in [0.15, 0.2) is 5.78 Å². The molecule has 0 radical (unpaired) electrons. The van der Waals surface area contributed by atoms with Crippen LogP contribution in [0.5, 0.6) is 0 Å². The average Bonchev–Trinajstić information content (AvgIpc) is 2.73. The number of ether oxygens (including phenoxy) is 2. The maximum atomic E-state index is 12.2. The summed E-state index contributed by atoms with van der Waals surface area (Å²) in [5.41, 5.74) is -2.47. The van der Waals surface area contributed by atoms with Gasteiger partial charge in [-0.1, -0.05) is 12.2 Å². The van der Waals surface area contributed by atoms with Crippen molar-refractivity contribution in [3.63, 3.8) is 0 Å². The zero-order valence-electron chi connectivity index (χ0n) is 10.5. The Morgan fingerprint density at radius 1 is 1.11 bits per heavy atom. The van der Waals surface area contributed by atoms with E-state index in [9.17, 15) is 14.4 Å². The highest BCUT2D eigenvalue weighted by Crippen LogP contribution is 2.58. The van der Waals surface area contributed by atoms with Gasteiger partial charge in [0.05, 0.1) is 19.6 Å². The number of carbonyl (C=O) groups excluding carboxylic acids is 3. The number of Topliss-reactive ketones (excluding diaryl/α,β-unsaturated/α-hetero) is 1. The highest BCUT2D eigenvalue weighted by Gasteiger charge is 2.69. The molecule has 1 saturated carbocycles. The van der Waals surface area contributed by atoms with Crippen molar-refractivity contribution in [3.8, 4) is 0 Å². The summed E-state index contributed by atoms with van der Waals surface area (Å²) in [5.74, 6) is -1.34. The first-order valence-corrected chi connectivity index (χ1v) is 5.90. The Labute approximate surface area is 105 Å². The quantitative estimate of drug-likeness (QED) is 0.417. The normalized spacial score (nSPS) is 34.0. The third-order valence-electron chi connectivity index (χ3n) is 4.24. The van der Waals surface area contributed by atoms with Crippen molar-refractivity contribution in [1.82, 2.24) is 0 Å².